The van der Waals surface area contributed by atoms with Crippen LogP contribution in [0.3, 0.4) is 0 Å². The second-order valence-electron chi connectivity index (χ2n) is 5.42. The SMILES string of the molecule is CC(C)(CCO)NS(=O)(=O)c1c[nH]c2cc(N)ccc12. The van der Waals surface area contributed by atoms with Crippen LogP contribution in [0.4, 0.5) is 5.69 Å². The van der Waals surface area contributed by atoms with Gasteiger partial charge in [0.25, 0.3) is 0 Å². The molecule has 1 aromatic heterocycles. The zero-order chi connectivity index (χ0) is 15.0. The molecule has 0 saturated heterocycles. The minimum absolute atomic E-state index is 0.0834. The normalized spacial score (nSPS) is 12.9. The number of aromatic nitrogens is 1. The first-order valence-electron chi connectivity index (χ1n) is 6.27. The fourth-order valence-electron chi connectivity index (χ4n) is 2.09. The highest BCUT2D eigenvalue weighted by Crippen LogP contribution is 2.25. The van der Waals surface area contributed by atoms with Crippen LogP contribution in [0.5, 0.6) is 0 Å². The maximum absolute atomic E-state index is 12.4. The van der Waals surface area contributed by atoms with Gasteiger partial charge in [0.1, 0.15) is 4.90 Å². The number of anilines is 1. The Labute approximate surface area is 118 Å². The number of aliphatic hydroxyl groups is 1. The maximum Gasteiger partial charge on any atom is 0.243 e. The van der Waals surface area contributed by atoms with E-state index in [-0.39, 0.29) is 11.5 Å². The fraction of sp³-hybridized carbons (Fsp3) is 0.385. The topological polar surface area (TPSA) is 108 Å². The maximum atomic E-state index is 12.4. The van der Waals surface area contributed by atoms with E-state index in [0.717, 1.165) is 0 Å². The van der Waals surface area contributed by atoms with E-state index in [4.69, 9.17) is 10.8 Å². The Morgan fingerprint density at radius 2 is 2.10 bits per heavy atom. The molecule has 0 spiro atoms. The van der Waals surface area contributed by atoms with Crippen molar-refractivity contribution in [2.24, 2.45) is 0 Å². The molecular formula is C13H19N3O3S. The summed E-state index contributed by atoms with van der Waals surface area (Å²) in [4.78, 5) is 3.08. The number of aliphatic hydroxyl groups excluding tert-OH is 1. The zero-order valence-electron chi connectivity index (χ0n) is 11.5. The third-order valence-electron chi connectivity index (χ3n) is 3.10. The Morgan fingerprint density at radius 1 is 1.40 bits per heavy atom. The molecule has 0 aliphatic heterocycles. The molecule has 1 heterocycles. The first-order valence-corrected chi connectivity index (χ1v) is 7.75. The number of H-pyrrole nitrogens is 1. The third kappa shape index (κ3) is 2.95. The van der Waals surface area contributed by atoms with Gasteiger partial charge in [-0.05, 0) is 38.5 Å². The van der Waals surface area contributed by atoms with Crippen LogP contribution in [0.25, 0.3) is 10.9 Å². The Morgan fingerprint density at radius 3 is 2.75 bits per heavy atom. The van der Waals surface area contributed by atoms with Crippen molar-refractivity contribution >= 4 is 26.6 Å². The van der Waals surface area contributed by atoms with Crippen LogP contribution >= 0.6 is 0 Å². The minimum Gasteiger partial charge on any atom is -0.399 e. The summed E-state index contributed by atoms with van der Waals surface area (Å²) in [6.45, 7) is 3.38. The largest absolute Gasteiger partial charge is 0.399 e. The van der Waals surface area contributed by atoms with E-state index in [0.29, 0.717) is 23.0 Å². The summed E-state index contributed by atoms with van der Waals surface area (Å²) in [6, 6.07) is 5.02. The molecule has 0 bridgehead atoms. The number of sulfonamides is 1. The Bertz CT molecular complexity index is 720. The molecule has 0 saturated carbocycles. The van der Waals surface area contributed by atoms with Gasteiger partial charge in [0, 0.05) is 34.9 Å². The van der Waals surface area contributed by atoms with Gasteiger partial charge < -0.3 is 15.8 Å². The molecule has 6 nitrogen and oxygen atoms in total. The lowest BCUT2D eigenvalue weighted by Gasteiger charge is -2.24. The summed E-state index contributed by atoms with van der Waals surface area (Å²) in [6.07, 6.45) is 1.78. The van der Waals surface area contributed by atoms with E-state index in [9.17, 15) is 8.42 Å². The zero-order valence-corrected chi connectivity index (χ0v) is 12.3. The molecule has 20 heavy (non-hydrogen) atoms. The Balaban J connectivity index is 2.42. The first kappa shape index (κ1) is 14.8. The van der Waals surface area contributed by atoms with E-state index in [1.807, 2.05) is 0 Å². The second kappa shape index (κ2) is 5.08. The lowest BCUT2D eigenvalue weighted by atomic mass is 10.0. The standard InChI is InChI=1S/C13H19N3O3S/c1-13(2,5-6-17)16-20(18,19)12-8-15-11-7-9(14)3-4-10(11)12/h3-4,7-8,15-17H,5-6,14H2,1-2H3. The van der Waals surface area contributed by atoms with Crippen molar-refractivity contribution in [3.8, 4) is 0 Å². The van der Waals surface area contributed by atoms with Gasteiger partial charge in [-0.2, -0.15) is 0 Å². The number of benzene rings is 1. The molecule has 0 atom stereocenters. The van der Waals surface area contributed by atoms with Gasteiger partial charge in [0.05, 0.1) is 0 Å². The van der Waals surface area contributed by atoms with E-state index in [1.165, 1.54) is 6.20 Å². The Hall–Kier alpha value is -1.57. The predicted molar refractivity (Wildman–Crippen MR) is 78.8 cm³/mol. The molecule has 7 heteroatoms. The molecule has 2 rings (SSSR count). The number of nitrogens with one attached hydrogen (secondary N) is 2. The van der Waals surface area contributed by atoms with Crippen molar-refractivity contribution in [2.45, 2.75) is 30.7 Å². The summed E-state index contributed by atoms with van der Waals surface area (Å²) in [5.74, 6) is 0. The van der Waals surface area contributed by atoms with Gasteiger partial charge in [-0.15, -0.1) is 0 Å². The molecule has 0 unspecified atom stereocenters. The van der Waals surface area contributed by atoms with Crippen molar-refractivity contribution in [2.75, 3.05) is 12.3 Å². The molecule has 110 valence electrons. The van der Waals surface area contributed by atoms with Crippen LogP contribution in [0, 0.1) is 0 Å². The van der Waals surface area contributed by atoms with Crippen molar-refractivity contribution in [1.82, 2.24) is 9.71 Å². The van der Waals surface area contributed by atoms with Gasteiger partial charge >= 0.3 is 0 Å². The lowest BCUT2D eigenvalue weighted by molar-refractivity contribution is 0.246. The number of rotatable bonds is 5. The predicted octanol–water partition coefficient (Wildman–Crippen LogP) is 1.19. The van der Waals surface area contributed by atoms with Gasteiger partial charge in [0.15, 0.2) is 0 Å². The van der Waals surface area contributed by atoms with Crippen molar-refractivity contribution in [1.29, 1.82) is 0 Å². The van der Waals surface area contributed by atoms with E-state index >= 15 is 0 Å². The van der Waals surface area contributed by atoms with E-state index in [1.54, 1.807) is 32.0 Å². The highest BCUT2D eigenvalue weighted by atomic mass is 32.2. The molecule has 2 aromatic rings. The molecule has 0 fully saturated rings. The van der Waals surface area contributed by atoms with Crippen LogP contribution in [-0.4, -0.2) is 30.7 Å². The summed E-state index contributed by atoms with van der Waals surface area (Å²) in [7, 11) is -3.67. The monoisotopic (exact) mass is 297 g/mol. The van der Waals surface area contributed by atoms with Crippen LogP contribution in [0.2, 0.25) is 0 Å². The highest BCUT2D eigenvalue weighted by molar-refractivity contribution is 7.89. The molecule has 0 aliphatic rings. The molecule has 5 N–H and O–H groups in total. The first-order chi connectivity index (χ1) is 9.25. The number of fused-ring (bicyclic) bond motifs is 1. The summed E-state index contributed by atoms with van der Waals surface area (Å²) in [5.41, 5.74) is 6.19. The average molecular weight is 297 g/mol. The summed E-state index contributed by atoms with van der Waals surface area (Å²) < 4.78 is 27.5. The summed E-state index contributed by atoms with van der Waals surface area (Å²) in [5, 5.41) is 9.57. The van der Waals surface area contributed by atoms with Gasteiger partial charge in [-0.25, -0.2) is 13.1 Å². The van der Waals surface area contributed by atoms with E-state index in [2.05, 4.69) is 9.71 Å². The molecule has 1 aromatic carbocycles. The molecule has 0 radical (unpaired) electrons. The number of aromatic amines is 1. The Kier molecular flexibility index (Phi) is 3.77. The van der Waals surface area contributed by atoms with Crippen LogP contribution in [0.15, 0.2) is 29.3 Å². The second-order valence-corrected chi connectivity index (χ2v) is 7.07. The molecular weight excluding hydrogens is 278 g/mol. The van der Waals surface area contributed by atoms with Crippen LogP contribution < -0.4 is 10.5 Å². The van der Waals surface area contributed by atoms with Crippen LogP contribution in [-0.2, 0) is 10.0 Å². The van der Waals surface area contributed by atoms with Gasteiger partial charge in [0.2, 0.25) is 10.0 Å². The smallest absolute Gasteiger partial charge is 0.243 e. The van der Waals surface area contributed by atoms with Crippen molar-refractivity contribution in [3.05, 3.63) is 24.4 Å². The highest BCUT2D eigenvalue weighted by Gasteiger charge is 2.27. The number of hydrogen-bond acceptors (Lipinski definition) is 4. The fourth-order valence-corrected chi connectivity index (χ4v) is 3.71. The lowest BCUT2D eigenvalue weighted by Crippen LogP contribution is -2.43. The quantitative estimate of drug-likeness (QED) is 0.622. The number of nitrogen functional groups attached to an aromatic ring is 1. The minimum atomic E-state index is -3.67. The number of nitrogens with two attached hydrogens (primary N) is 1. The van der Waals surface area contributed by atoms with E-state index < -0.39 is 15.6 Å². The third-order valence-corrected chi connectivity index (χ3v) is 4.84. The van der Waals surface area contributed by atoms with Crippen molar-refractivity contribution < 1.29 is 13.5 Å². The van der Waals surface area contributed by atoms with Gasteiger partial charge in [-0.3, -0.25) is 0 Å². The molecule has 0 amide bonds. The van der Waals surface area contributed by atoms with Crippen LogP contribution in [0.1, 0.15) is 20.3 Å². The average Bonchev–Trinajstić information content (AvgIpc) is 2.70. The van der Waals surface area contributed by atoms with Gasteiger partial charge in [-0.1, -0.05) is 0 Å². The van der Waals surface area contributed by atoms with Crippen molar-refractivity contribution in [3.63, 3.8) is 0 Å². The summed E-state index contributed by atoms with van der Waals surface area (Å²) >= 11 is 0. The molecule has 0 aliphatic carbocycles. The number of hydrogen-bond donors (Lipinski definition) is 4.